The molecule has 1 aliphatic rings. The molecule has 0 aromatic heterocycles. The second kappa shape index (κ2) is 15.8. The Morgan fingerprint density at radius 1 is 1.20 bits per heavy atom. The largest absolute Gasteiger partial charge is 0.312 e. The van der Waals surface area contributed by atoms with Crippen molar-refractivity contribution in [3.63, 3.8) is 0 Å². The van der Waals surface area contributed by atoms with E-state index in [9.17, 15) is 0 Å². The summed E-state index contributed by atoms with van der Waals surface area (Å²) >= 11 is 0. The van der Waals surface area contributed by atoms with Gasteiger partial charge in [-0.3, -0.25) is 4.99 Å². The summed E-state index contributed by atoms with van der Waals surface area (Å²) in [6.07, 6.45) is 1.66. The first-order valence-corrected chi connectivity index (χ1v) is 3.97. The molecule has 0 saturated carbocycles. The van der Waals surface area contributed by atoms with Crippen molar-refractivity contribution in [1.82, 2.24) is 10.9 Å². The Hall–Kier alpha value is -0.570. The predicted molar refractivity (Wildman–Crippen MR) is 47.2 cm³/mol. The highest BCUT2D eigenvalue weighted by Crippen LogP contribution is 1.65. The van der Waals surface area contributed by atoms with Gasteiger partial charge in [-0.05, 0) is 0 Å². The van der Waals surface area contributed by atoms with Crippen molar-refractivity contribution in [1.29, 1.82) is 0 Å². The minimum absolute atomic E-state index is 0.896. The van der Waals surface area contributed by atoms with E-state index in [4.69, 9.17) is 0 Å². The van der Waals surface area contributed by atoms with Gasteiger partial charge in [0.05, 0.1) is 12.9 Å². The Bertz CT molecular complexity index is 53.9. The Kier molecular flexibility index (Phi) is 19.2. The van der Waals surface area contributed by atoms with Crippen LogP contribution in [0, 0.1) is 0 Å². The Balaban J connectivity index is 0. The molecular weight excluding hydrogens is 126 g/mol. The molecule has 1 rings (SSSR count). The number of nitrogens with zero attached hydrogens (tertiary/aromatic N) is 1. The minimum Gasteiger partial charge on any atom is -0.312 e. The van der Waals surface area contributed by atoms with Crippen LogP contribution in [0.5, 0.6) is 0 Å². The minimum atomic E-state index is 0.896. The summed E-state index contributed by atoms with van der Waals surface area (Å²) in [6.45, 7) is 9.84. The third-order valence-corrected chi connectivity index (χ3v) is 0.624. The molecular formula is C7H19N3. The van der Waals surface area contributed by atoms with E-state index in [2.05, 4.69) is 15.8 Å². The second-order valence-corrected chi connectivity index (χ2v) is 1.11. The van der Waals surface area contributed by atoms with E-state index in [1.807, 2.05) is 27.7 Å². The fourth-order valence-corrected chi connectivity index (χ4v) is 0.348. The first-order valence-electron chi connectivity index (χ1n) is 3.97. The van der Waals surface area contributed by atoms with Gasteiger partial charge in [-0.1, -0.05) is 27.7 Å². The van der Waals surface area contributed by atoms with E-state index in [1.165, 1.54) is 0 Å². The summed E-state index contributed by atoms with van der Waals surface area (Å²) in [7, 11) is 0. The molecule has 0 spiro atoms. The maximum Gasteiger partial charge on any atom is 0.0966 e. The lowest BCUT2D eigenvalue weighted by atomic mass is 10.6. The van der Waals surface area contributed by atoms with Crippen LogP contribution in [0.2, 0.25) is 0 Å². The molecule has 2 N–H and O–H groups in total. The smallest absolute Gasteiger partial charge is 0.0966 e. The average molecular weight is 145 g/mol. The zero-order chi connectivity index (χ0) is 8.24. The lowest BCUT2D eigenvalue weighted by Gasteiger charge is -2.04. The quantitative estimate of drug-likeness (QED) is 0.537. The van der Waals surface area contributed by atoms with Crippen molar-refractivity contribution in [2.24, 2.45) is 4.99 Å². The molecule has 3 nitrogen and oxygen atoms in total. The summed E-state index contributed by atoms with van der Waals surface area (Å²) < 4.78 is 0. The zero-order valence-corrected chi connectivity index (χ0v) is 7.44. The summed E-state index contributed by atoms with van der Waals surface area (Å²) in [4.78, 5) is 3.88. The van der Waals surface area contributed by atoms with E-state index in [1.54, 1.807) is 6.34 Å². The Morgan fingerprint density at radius 3 is 1.90 bits per heavy atom. The van der Waals surface area contributed by atoms with Crippen LogP contribution in [0.15, 0.2) is 4.99 Å². The molecule has 0 bridgehead atoms. The summed E-state index contributed by atoms with van der Waals surface area (Å²) in [5.41, 5.74) is 5.63. The van der Waals surface area contributed by atoms with Crippen LogP contribution in [-0.4, -0.2) is 19.4 Å². The highest BCUT2D eigenvalue weighted by atomic mass is 15.4. The highest BCUT2D eigenvalue weighted by molar-refractivity contribution is 5.53. The van der Waals surface area contributed by atoms with Crippen LogP contribution in [0.25, 0.3) is 0 Å². The van der Waals surface area contributed by atoms with Crippen molar-refractivity contribution in [2.75, 3.05) is 13.1 Å². The highest BCUT2D eigenvalue weighted by Gasteiger charge is 1.83. The normalized spacial score (nSPS) is 13.2. The van der Waals surface area contributed by atoms with Crippen molar-refractivity contribution in [2.45, 2.75) is 27.7 Å². The number of rotatable bonds is 0. The number of nitrogens with one attached hydrogen (secondary N) is 2. The van der Waals surface area contributed by atoms with Crippen molar-refractivity contribution in [3.05, 3.63) is 0 Å². The van der Waals surface area contributed by atoms with Gasteiger partial charge in [0, 0.05) is 6.54 Å². The topological polar surface area (TPSA) is 36.4 Å². The van der Waals surface area contributed by atoms with E-state index in [0.29, 0.717) is 0 Å². The average Bonchev–Trinajstić information content (AvgIpc) is 2.14. The predicted octanol–water partition coefficient (Wildman–Crippen LogP) is 1.17. The number of aliphatic imine (C=N–C) groups is 1. The summed E-state index contributed by atoms with van der Waals surface area (Å²) in [5.74, 6) is 0. The molecule has 0 saturated heterocycles. The first kappa shape index (κ1) is 12.1. The first-order chi connectivity index (χ1) is 5.00. The van der Waals surface area contributed by atoms with E-state index in [-0.39, 0.29) is 0 Å². The fourth-order valence-electron chi connectivity index (χ4n) is 0.348. The fraction of sp³-hybridized carbons (Fsp3) is 0.857. The molecule has 0 radical (unpaired) electrons. The molecule has 0 unspecified atom stereocenters. The standard InChI is InChI=1S/C3H7N3.2C2H6/c1-2-5-6-3-4-1;2*1-2/h3,5H,1-2H2,(H,4,6);2*1-2H3. The zero-order valence-electron chi connectivity index (χ0n) is 7.44. The van der Waals surface area contributed by atoms with Gasteiger partial charge < -0.3 is 5.43 Å². The molecule has 0 amide bonds. The van der Waals surface area contributed by atoms with Crippen molar-refractivity contribution in [3.8, 4) is 0 Å². The van der Waals surface area contributed by atoms with Crippen LogP contribution in [0.1, 0.15) is 27.7 Å². The van der Waals surface area contributed by atoms with Crippen LogP contribution >= 0.6 is 0 Å². The lowest BCUT2D eigenvalue weighted by Crippen LogP contribution is -2.36. The van der Waals surface area contributed by atoms with Crippen molar-refractivity contribution < 1.29 is 0 Å². The van der Waals surface area contributed by atoms with Crippen LogP contribution in [0.3, 0.4) is 0 Å². The summed E-state index contributed by atoms with van der Waals surface area (Å²) in [6, 6.07) is 0. The molecule has 0 atom stereocenters. The number of hydrazine groups is 1. The molecule has 10 heavy (non-hydrogen) atoms. The summed E-state index contributed by atoms with van der Waals surface area (Å²) in [5, 5.41) is 0. The molecule has 62 valence electrons. The molecule has 3 heteroatoms. The number of hydrogen-bond acceptors (Lipinski definition) is 3. The van der Waals surface area contributed by atoms with Gasteiger partial charge in [0.15, 0.2) is 0 Å². The maximum absolute atomic E-state index is 3.88. The molecule has 0 aliphatic carbocycles. The van der Waals surface area contributed by atoms with E-state index >= 15 is 0 Å². The van der Waals surface area contributed by atoms with E-state index in [0.717, 1.165) is 13.1 Å². The lowest BCUT2D eigenvalue weighted by molar-refractivity contribution is 0.638. The SMILES string of the molecule is C1=NCCNN1.CC.CC. The third kappa shape index (κ3) is 10.4. The van der Waals surface area contributed by atoms with Gasteiger partial charge in [0.1, 0.15) is 0 Å². The van der Waals surface area contributed by atoms with Crippen LogP contribution in [-0.2, 0) is 0 Å². The van der Waals surface area contributed by atoms with Gasteiger partial charge in [0.2, 0.25) is 0 Å². The molecule has 1 aliphatic heterocycles. The van der Waals surface area contributed by atoms with Gasteiger partial charge in [0.25, 0.3) is 0 Å². The van der Waals surface area contributed by atoms with Gasteiger partial charge in [-0.2, -0.15) is 0 Å². The third-order valence-electron chi connectivity index (χ3n) is 0.624. The molecule has 0 fully saturated rings. The van der Waals surface area contributed by atoms with Crippen molar-refractivity contribution >= 4 is 6.34 Å². The Morgan fingerprint density at radius 2 is 1.80 bits per heavy atom. The van der Waals surface area contributed by atoms with Crippen LogP contribution in [0.4, 0.5) is 0 Å². The van der Waals surface area contributed by atoms with E-state index < -0.39 is 0 Å². The second-order valence-electron chi connectivity index (χ2n) is 1.11. The molecule has 0 aromatic rings. The maximum atomic E-state index is 3.88. The van der Waals surface area contributed by atoms with Gasteiger partial charge in [-0.25, -0.2) is 5.43 Å². The number of hydrogen-bond donors (Lipinski definition) is 2. The molecule has 1 heterocycles. The molecule has 0 aromatic carbocycles. The monoisotopic (exact) mass is 145 g/mol. The van der Waals surface area contributed by atoms with Crippen LogP contribution < -0.4 is 10.9 Å². The Labute approximate surface area is 63.9 Å². The van der Waals surface area contributed by atoms with Gasteiger partial charge >= 0.3 is 0 Å². The van der Waals surface area contributed by atoms with Gasteiger partial charge in [-0.15, -0.1) is 0 Å².